The van der Waals surface area contributed by atoms with Crippen LogP contribution < -0.4 is 11.0 Å². The number of H-pyrrole nitrogens is 2. The molecule has 1 aromatic carbocycles. The van der Waals surface area contributed by atoms with Crippen molar-refractivity contribution in [3.05, 3.63) is 56.7 Å². The van der Waals surface area contributed by atoms with Crippen molar-refractivity contribution in [3.63, 3.8) is 0 Å². The molecule has 106 valence electrons. The summed E-state index contributed by atoms with van der Waals surface area (Å²) in [4.78, 5) is 32.3. The summed E-state index contributed by atoms with van der Waals surface area (Å²) in [6.07, 6.45) is 1.33. The molecule has 3 rings (SSSR count). The van der Waals surface area contributed by atoms with Crippen LogP contribution >= 0.6 is 23.2 Å². The highest BCUT2D eigenvalue weighted by molar-refractivity contribution is 6.41. The molecule has 21 heavy (non-hydrogen) atoms. The number of benzene rings is 1. The molecule has 0 saturated carbocycles. The summed E-state index contributed by atoms with van der Waals surface area (Å²) >= 11 is 11.5. The highest BCUT2D eigenvalue weighted by Crippen LogP contribution is 2.21. The number of nitrogens with zero attached hydrogens (tertiary/aromatic N) is 1. The Bertz CT molecular complexity index is 901. The van der Waals surface area contributed by atoms with Gasteiger partial charge in [0.1, 0.15) is 5.15 Å². The Morgan fingerprint density at radius 1 is 1.14 bits per heavy atom. The minimum absolute atomic E-state index is 0.138. The van der Waals surface area contributed by atoms with E-state index in [4.69, 9.17) is 23.2 Å². The first-order chi connectivity index (χ1) is 10.0. The molecule has 0 atom stereocenters. The van der Waals surface area contributed by atoms with Crippen LogP contribution in [0, 0.1) is 0 Å². The lowest BCUT2D eigenvalue weighted by molar-refractivity contribution is 0.102. The maximum atomic E-state index is 12.1. The summed E-state index contributed by atoms with van der Waals surface area (Å²) in [5.41, 5.74) is 1.78. The minimum atomic E-state index is -0.377. The predicted octanol–water partition coefficient (Wildman–Crippen LogP) is 2.81. The van der Waals surface area contributed by atoms with Crippen LogP contribution in [-0.4, -0.2) is 20.9 Å². The molecular formula is C13H8Cl2N4O2. The van der Waals surface area contributed by atoms with Crippen molar-refractivity contribution < 1.29 is 4.79 Å². The maximum absolute atomic E-state index is 12.1. The fourth-order valence-corrected chi connectivity index (χ4v) is 2.13. The van der Waals surface area contributed by atoms with E-state index in [9.17, 15) is 9.59 Å². The van der Waals surface area contributed by atoms with Crippen molar-refractivity contribution in [2.45, 2.75) is 0 Å². The van der Waals surface area contributed by atoms with E-state index < -0.39 is 0 Å². The summed E-state index contributed by atoms with van der Waals surface area (Å²) in [7, 11) is 0. The Morgan fingerprint density at radius 3 is 2.67 bits per heavy atom. The van der Waals surface area contributed by atoms with Gasteiger partial charge in [-0.1, -0.05) is 23.2 Å². The molecule has 0 bridgehead atoms. The van der Waals surface area contributed by atoms with Crippen molar-refractivity contribution in [1.29, 1.82) is 0 Å². The Kier molecular flexibility index (Phi) is 3.40. The van der Waals surface area contributed by atoms with E-state index >= 15 is 0 Å². The average molecular weight is 323 g/mol. The minimum Gasteiger partial charge on any atom is -0.322 e. The first kappa shape index (κ1) is 13.7. The van der Waals surface area contributed by atoms with E-state index in [1.165, 1.54) is 12.3 Å². The van der Waals surface area contributed by atoms with Gasteiger partial charge in [0.25, 0.3) is 5.91 Å². The summed E-state index contributed by atoms with van der Waals surface area (Å²) in [5, 5.41) is 3.03. The van der Waals surface area contributed by atoms with E-state index in [-0.39, 0.29) is 27.3 Å². The van der Waals surface area contributed by atoms with Crippen LogP contribution in [0.3, 0.4) is 0 Å². The number of nitrogens with one attached hydrogen (secondary N) is 3. The largest absolute Gasteiger partial charge is 0.323 e. The van der Waals surface area contributed by atoms with Gasteiger partial charge in [-0.15, -0.1) is 0 Å². The average Bonchev–Trinajstić information content (AvgIpc) is 2.81. The van der Waals surface area contributed by atoms with Gasteiger partial charge in [0, 0.05) is 11.9 Å². The maximum Gasteiger partial charge on any atom is 0.323 e. The fourth-order valence-electron chi connectivity index (χ4n) is 1.86. The zero-order chi connectivity index (χ0) is 15.0. The summed E-state index contributed by atoms with van der Waals surface area (Å²) in [5.74, 6) is -0.377. The van der Waals surface area contributed by atoms with E-state index in [2.05, 4.69) is 20.3 Å². The Hall–Kier alpha value is -2.31. The topological polar surface area (TPSA) is 90.6 Å². The normalized spacial score (nSPS) is 10.8. The molecule has 0 aliphatic carbocycles. The monoisotopic (exact) mass is 322 g/mol. The van der Waals surface area contributed by atoms with Crippen LogP contribution in [0.5, 0.6) is 0 Å². The number of halogens is 2. The van der Waals surface area contributed by atoms with Gasteiger partial charge in [-0.3, -0.25) is 4.79 Å². The number of aromatic nitrogens is 3. The van der Waals surface area contributed by atoms with Crippen molar-refractivity contribution in [2.24, 2.45) is 0 Å². The van der Waals surface area contributed by atoms with Crippen LogP contribution in [0.15, 0.2) is 35.3 Å². The van der Waals surface area contributed by atoms with Crippen LogP contribution in [-0.2, 0) is 0 Å². The molecule has 3 aromatic rings. The standard InChI is InChI=1S/C13H8Cl2N4O2/c14-8-3-6(5-16-11(8)15)12(20)17-7-1-2-9-10(4-7)19-13(21)18-9/h1-5H,(H,17,20)(H2,18,19,21). The zero-order valence-electron chi connectivity index (χ0n) is 10.4. The molecule has 6 nitrogen and oxygen atoms in total. The SMILES string of the molecule is O=C(Nc1ccc2[nH]c(=O)[nH]c2c1)c1cnc(Cl)c(Cl)c1. The van der Waals surface area contributed by atoms with Gasteiger partial charge < -0.3 is 15.3 Å². The molecule has 0 spiro atoms. The highest BCUT2D eigenvalue weighted by Gasteiger charge is 2.10. The smallest absolute Gasteiger partial charge is 0.322 e. The Balaban J connectivity index is 1.88. The number of aromatic amines is 2. The second-order valence-electron chi connectivity index (χ2n) is 4.29. The number of pyridine rings is 1. The van der Waals surface area contributed by atoms with Gasteiger partial charge in [-0.2, -0.15) is 0 Å². The molecule has 8 heteroatoms. The first-order valence-corrected chi connectivity index (χ1v) is 6.63. The molecule has 0 aliphatic rings. The lowest BCUT2D eigenvalue weighted by atomic mass is 10.2. The molecule has 2 heterocycles. The number of anilines is 1. The van der Waals surface area contributed by atoms with Gasteiger partial charge in [0.05, 0.1) is 21.6 Å². The van der Waals surface area contributed by atoms with Crippen LogP contribution in [0.1, 0.15) is 10.4 Å². The molecule has 0 fully saturated rings. The van der Waals surface area contributed by atoms with E-state index in [1.807, 2.05) is 0 Å². The third kappa shape index (κ3) is 2.76. The number of amides is 1. The van der Waals surface area contributed by atoms with Gasteiger partial charge >= 0.3 is 5.69 Å². The van der Waals surface area contributed by atoms with Crippen LogP contribution in [0.4, 0.5) is 5.69 Å². The molecule has 0 aliphatic heterocycles. The molecule has 3 N–H and O–H groups in total. The Morgan fingerprint density at radius 2 is 1.90 bits per heavy atom. The van der Waals surface area contributed by atoms with Crippen LogP contribution in [0.25, 0.3) is 11.0 Å². The Labute approximate surface area is 128 Å². The number of rotatable bonds is 2. The first-order valence-electron chi connectivity index (χ1n) is 5.87. The van der Waals surface area contributed by atoms with Crippen molar-refractivity contribution in [2.75, 3.05) is 5.32 Å². The van der Waals surface area contributed by atoms with Gasteiger partial charge in [0.15, 0.2) is 0 Å². The summed E-state index contributed by atoms with van der Waals surface area (Å²) in [6.45, 7) is 0. The number of carbonyl (C=O) groups excluding carboxylic acids is 1. The van der Waals surface area contributed by atoms with E-state index in [0.29, 0.717) is 16.7 Å². The predicted molar refractivity (Wildman–Crippen MR) is 81.1 cm³/mol. The van der Waals surface area contributed by atoms with E-state index in [0.717, 1.165) is 0 Å². The number of hydrogen-bond donors (Lipinski definition) is 3. The fraction of sp³-hybridized carbons (Fsp3) is 0. The molecule has 2 aromatic heterocycles. The third-order valence-electron chi connectivity index (χ3n) is 2.83. The lowest BCUT2D eigenvalue weighted by Gasteiger charge is -2.05. The van der Waals surface area contributed by atoms with E-state index in [1.54, 1.807) is 18.2 Å². The molecule has 0 saturated heterocycles. The van der Waals surface area contributed by atoms with Gasteiger partial charge in [-0.05, 0) is 24.3 Å². The van der Waals surface area contributed by atoms with Crippen molar-refractivity contribution >= 4 is 45.8 Å². The quantitative estimate of drug-likeness (QED) is 0.633. The lowest BCUT2D eigenvalue weighted by Crippen LogP contribution is -2.12. The number of imidazole rings is 1. The van der Waals surface area contributed by atoms with Gasteiger partial charge in [0.2, 0.25) is 0 Å². The van der Waals surface area contributed by atoms with Crippen molar-refractivity contribution in [1.82, 2.24) is 15.0 Å². The zero-order valence-corrected chi connectivity index (χ0v) is 11.9. The molecular weight excluding hydrogens is 315 g/mol. The van der Waals surface area contributed by atoms with Crippen molar-refractivity contribution in [3.8, 4) is 0 Å². The van der Waals surface area contributed by atoms with Gasteiger partial charge in [-0.25, -0.2) is 9.78 Å². The molecule has 0 unspecified atom stereocenters. The summed E-state index contributed by atoms with van der Waals surface area (Å²) in [6, 6.07) is 6.45. The second kappa shape index (κ2) is 5.23. The third-order valence-corrected chi connectivity index (χ3v) is 3.52. The molecule has 0 radical (unpaired) electrons. The number of hydrogen-bond acceptors (Lipinski definition) is 3. The second-order valence-corrected chi connectivity index (χ2v) is 5.06. The molecule has 1 amide bonds. The van der Waals surface area contributed by atoms with Crippen LogP contribution in [0.2, 0.25) is 10.2 Å². The summed E-state index contributed by atoms with van der Waals surface area (Å²) < 4.78 is 0. The number of fused-ring (bicyclic) bond motifs is 1. The highest BCUT2D eigenvalue weighted by atomic mass is 35.5. The number of carbonyl (C=O) groups is 1.